The molecule has 0 spiro atoms. The van der Waals surface area contributed by atoms with Gasteiger partial charge in [-0.3, -0.25) is 14.6 Å². The van der Waals surface area contributed by atoms with E-state index in [0.29, 0.717) is 12.2 Å². The molecular weight excluding hydrogens is 286 g/mol. The number of nitrogens with zero attached hydrogens (tertiary/aromatic N) is 2. The first-order valence-corrected chi connectivity index (χ1v) is 6.58. The monoisotopic (exact) mass is 301 g/mol. The van der Waals surface area contributed by atoms with Crippen molar-refractivity contribution in [3.63, 3.8) is 0 Å². The third-order valence-corrected chi connectivity index (χ3v) is 2.99. The molecule has 0 aliphatic heterocycles. The zero-order valence-corrected chi connectivity index (χ0v) is 11.9. The van der Waals surface area contributed by atoms with Gasteiger partial charge in [-0.15, -0.1) is 0 Å². The number of aromatic carboxylic acids is 1. The maximum absolute atomic E-state index is 11.7. The molecule has 2 aromatic rings. The number of aromatic nitrogens is 2. The van der Waals surface area contributed by atoms with Crippen molar-refractivity contribution >= 4 is 11.9 Å². The maximum Gasteiger partial charge on any atom is 0.337 e. The van der Waals surface area contributed by atoms with Crippen molar-refractivity contribution < 1.29 is 14.7 Å². The van der Waals surface area contributed by atoms with Crippen LogP contribution in [0, 0.1) is 0 Å². The van der Waals surface area contributed by atoms with Crippen molar-refractivity contribution in [2.45, 2.75) is 20.0 Å². The molecule has 0 aromatic carbocycles. The molecule has 2 rings (SSSR count). The van der Waals surface area contributed by atoms with Crippen LogP contribution >= 0.6 is 0 Å². The topological polar surface area (TPSA) is 101 Å². The van der Waals surface area contributed by atoms with Gasteiger partial charge in [0, 0.05) is 25.4 Å². The SMILES string of the molecule is CC(=O)NCc1ccc(Cn2cc(C(=O)O)ccc2=O)cn1. The summed E-state index contributed by atoms with van der Waals surface area (Å²) < 4.78 is 1.31. The number of nitrogens with one attached hydrogen (secondary N) is 1. The van der Waals surface area contributed by atoms with Gasteiger partial charge in [0.05, 0.1) is 24.3 Å². The van der Waals surface area contributed by atoms with Gasteiger partial charge in [0.2, 0.25) is 5.91 Å². The molecule has 1 amide bonds. The van der Waals surface area contributed by atoms with Crippen LogP contribution in [-0.4, -0.2) is 26.5 Å². The maximum atomic E-state index is 11.7. The fraction of sp³-hybridized carbons (Fsp3) is 0.200. The molecule has 2 heterocycles. The van der Waals surface area contributed by atoms with E-state index < -0.39 is 5.97 Å². The second-order valence-electron chi connectivity index (χ2n) is 4.76. The van der Waals surface area contributed by atoms with Crippen molar-refractivity contribution in [3.05, 3.63) is 63.8 Å². The molecule has 7 nitrogen and oxygen atoms in total. The molecule has 0 saturated carbocycles. The molecule has 7 heteroatoms. The van der Waals surface area contributed by atoms with E-state index in [9.17, 15) is 14.4 Å². The quantitative estimate of drug-likeness (QED) is 0.843. The Morgan fingerprint density at radius 1 is 1.27 bits per heavy atom. The average molecular weight is 301 g/mol. The lowest BCUT2D eigenvalue weighted by Crippen LogP contribution is -2.21. The van der Waals surface area contributed by atoms with E-state index >= 15 is 0 Å². The lowest BCUT2D eigenvalue weighted by Gasteiger charge is -2.07. The third-order valence-electron chi connectivity index (χ3n) is 2.99. The van der Waals surface area contributed by atoms with Crippen LogP contribution in [-0.2, 0) is 17.9 Å². The average Bonchev–Trinajstić information content (AvgIpc) is 2.48. The Bertz CT molecular complexity index is 750. The van der Waals surface area contributed by atoms with Crippen molar-refractivity contribution in [2.75, 3.05) is 0 Å². The lowest BCUT2D eigenvalue weighted by atomic mass is 10.2. The molecule has 22 heavy (non-hydrogen) atoms. The highest BCUT2D eigenvalue weighted by molar-refractivity contribution is 5.87. The van der Waals surface area contributed by atoms with Crippen LogP contribution < -0.4 is 10.9 Å². The summed E-state index contributed by atoms with van der Waals surface area (Å²) in [5.41, 5.74) is 1.23. The highest BCUT2D eigenvalue weighted by Gasteiger charge is 2.06. The summed E-state index contributed by atoms with van der Waals surface area (Å²) in [4.78, 5) is 37.7. The molecular formula is C15H15N3O4. The molecule has 0 aliphatic rings. The summed E-state index contributed by atoms with van der Waals surface area (Å²) in [7, 11) is 0. The number of carboxylic acid groups (broad SMARTS) is 1. The minimum Gasteiger partial charge on any atom is -0.478 e. The zero-order chi connectivity index (χ0) is 16.1. The van der Waals surface area contributed by atoms with Gasteiger partial charge in [-0.25, -0.2) is 4.79 Å². The smallest absolute Gasteiger partial charge is 0.337 e. The Balaban J connectivity index is 2.14. The zero-order valence-electron chi connectivity index (χ0n) is 11.9. The number of amides is 1. The van der Waals surface area contributed by atoms with Gasteiger partial charge in [-0.05, 0) is 17.7 Å². The Hall–Kier alpha value is -2.96. The summed E-state index contributed by atoms with van der Waals surface area (Å²) in [6, 6.07) is 6.03. The van der Waals surface area contributed by atoms with E-state index in [4.69, 9.17) is 5.11 Å². The number of carboxylic acids is 1. The van der Waals surface area contributed by atoms with Crippen LogP contribution in [0.25, 0.3) is 0 Å². The number of carbonyl (C=O) groups excluding carboxylic acids is 1. The van der Waals surface area contributed by atoms with E-state index in [1.54, 1.807) is 18.3 Å². The predicted octanol–water partition coefficient (Wildman–Crippen LogP) is 0.626. The van der Waals surface area contributed by atoms with Crippen LogP contribution in [0.3, 0.4) is 0 Å². The third kappa shape index (κ3) is 4.02. The lowest BCUT2D eigenvalue weighted by molar-refractivity contribution is -0.119. The van der Waals surface area contributed by atoms with E-state index in [2.05, 4.69) is 10.3 Å². The Kier molecular flexibility index (Phi) is 4.67. The molecule has 0 saturated heterocycles. The number of carbonyl (C=O) groups is 2. The first-order chi connectivity index (χ1) is 10.5. The van der Waals surface area contributed by atoms with Crippen molar-refractivity contribution in [1.82, 2.24) is 14.9 Å². The fourth-order valence-electron chi connectivity index (χ4n) is 1.85. The predicted molar refractivity (Wildman–Crippen MR) is 78.5 cm³/mol. The number of pyridine rings is 2. The van der Waals surface area contributed by atoms with Crippen LogP contribution in [0.1, 0.15) is 28.5 Å². The van der Waals surface area contributed by atoms with Gasteiger partial charge in [0.25, 0.3) is 5.56 Å². The number of rotatable bonds is 5. The molecule has 0 bridgehead atoms. The van der Waals surface area contributed by atoms with Crippen molar-refractivity contribution in [1.29, 1.82) is 0 Å². The molecule has 0 aliphatic carbocycles. The van der Waals surface area contributed by atoms with E-state index in [1.807, 2.05) is 0 Å². The minimum absolute atomic E-state index is 0.0508. The van der Waals surface area contributed by atoms with Gasteiger partial charge in [0.1, 0.15) is 0 Å². The first-order valence-electron chi connectivity index (χ1n) is 6.58. The van der Waals surface area contributed by atoms with Crippen LogP contribution in [0.5, 0.6) is 0 Å². The molecule has 0 fully saturated rings. The molecule has 0 radical (unpaired) electrons. The molecule has 0 atom stereocenters. The van der Waals surface area contributed by atoms with E-state index in [1.165, 1.54) is 29.8 Å². The summed E-state index contributed by atoms with van der Waals surface area (Å²) in [6.45, 7) is 1.99. The van der Waals surface area contributed by atoms with Gasteiger partial charge < -0.3 is 15.0 Å². The fourth-order valence-corrected chi connectivity index (χ4v) is 1.85. The van der Waals surface area contributed by atoms with Crippen molar-refractivity contribution in [3.8, 4) is 0 Å². The summed E-state index contributed by atoms with van der Waals surface area (Å²) >= 11 is 0. The second kappa shape index (κ2) is 6.66. The Morgan fingerprint density at radius 2 is 2.05 bits per heavy atom. The Morgan fingerprint density at radius 3 is 2.64 bits per heavy atom. The van der Waals surface area contributed by atoms with Crippen LogP contribution in [0.4, 0.5) is 0 Å². The largest absolute Gasteiger partial charge is 0.478 e. The molecule has 114 valence electrons. The number of hydrogen-bond donors (Lipinski definition) is 2. The van der Waals surface area contributed by atoms with Gasteiger partial charge in [-0.2, -0.15) is 0 Å². The van der Waals surface area contributed by atoms with Gasteiger partial charge in [-0.1, -0.05) is 6.07 Å². The minimum atomic E-state index is -1.09. The van der Waals surface area contributed by atoms with Crippen molar-refractivity contribution in [2.24, 2.45) is 0 Å². The highest BCUT2D eigenvalue weighted by Crippen LogP contribution is 2.04. The normalized spacial score (nSPS) is 10.2. The summed E-state index contributed by atoms with van der Waals surface area (Å²) in [5.74, 6) is -1.22. The van der Waals surface area contributed by atoms with Crippen LogP contribution in [0.15, 0.2) is 41.5 Å². The Labute approximate surface area is 126 Å². The molecule has 2 aromatic heterocycles. The van der Waals surface area contributed by atoms with Gasteiger partial charge >= 0.3 is 5.97 Å². The van der Waals surface area contributed by atoms with E-state index in [-0.39, 0.29) is 23.6 Å². The second-order valence-corrected chi connectivity index (χ2v) is 4.76. The highest BCUT2D eigenvalue weighted by atomic mass is 16.4. The van der Waals surface area contributed by atoms with Gasteiger partial charge in [0.15, 0.2) is 0 Å². The molecule has 2 N–H and O–H groups in total. The molecule has 0 unspecified atom stereocenters. The standard InChI is InChI=1S/C15H15N3O4/c1-10(19)16-7-13-4-2-11(6-17-13)8-18-9-12(15(21)22)3-5-14(18)20/h2-6,9H,7-8H2,1H3,(H,16,19)(H,21,22). The summed E-state index contributed by atoms with van der Waals surface area (Å²) in [5, 5.41) is 11.6. The first kappa shape index (κ1) is 15.4. The number of hydrogen-bond acceptors (Lipinski definition) is 4. The van der Waals surface area contributed by atoms with E-state index in [0.717, 1.165) is 5.56 Å². The summed E-state index contributed by atoms with van der Waals surface area (Å²) in [6.07, 6.45) is 2.90. The van der Waals surface area contributed by atoms with Crippen LogP contribution in [0.2, 0.25) is 0 Å².